The third-order valence-corrected chi connectivity index (χ3v) is 6.53. The summed E-state index contributed by atoms with van der Waals surface area (Å²) in [5, 5.41) is 10.8. The molecule has 5 rings (SSSR count). The lowest BCUT2D eigenvalue weighted by atomic mass is 9.92. The minimum atomic E-state index is -1.07. The fourth-order valence-electron chi connectivity index (χ4n) is 4.46. The number of carbonyl (C=O) groups excluding carboxylic acids is 2. The first-order valence-corrected chi connectivity index (χ1v) is 12.4. The molecule has 2 aromatic heterocycles. The summed E-state index contributed by atoms with van der Waals surface area (Å²) in [5.74, 6) is 4.48. The van der Waals surface area contributed by atoms with Crippen LogP contribution < -0.4 is 10.2 Å². The predicted molar refractivity (Wildman–Crippen MR) is 140 cm³/mol. The molecule has 1 amide bonds. The van der Waals surface area contributed by atoms with Crippen molar-refractivity contribution >= 4 is 39.9 Å². The molecule has 1 aliphatic heterocycles. The lowest BCUT2D eigenvalue weighted by Gasteiger charge is -2.25. The zero-order valence-electron chi connectivity index (χ0n) is 21.9. The third kappa shape index (κ3) is 4.79. The monoisotopic (exact) mass is 532 g/mol. The quantitative estimate of drug-likeness (QED) is 0.401. The first-order chi connectivity index (χ1) is 18.6. The molecule has 0 fully saturated rings. The molecule has 3 heterocycles. The van der Waals surface area contributed by atoms with Gasteiger partial charge >= 0.3 is 0 Å². The van der Waals surface area contributed by atoms with Crippen LogP contribution in [0.1, 0.15) is 37.7 Å². The van der Waals surface area contributed by atoms with E-state index in [0.717, 1.165) is 6.07 Å². The molecule has 1 N–H and O–H groups in total. The highest BCUT2D eigenvalue weighted by Crippen LogP contribution is 2.37. The Labute approximate surface area is 223 Å². The largest absolute Gasteiger partial charge is 0.375 e. The van der Waals surface area contributed by atoms with Gasteiger partial charge in [-0.15, -0.1) is 10.2 Å². The molecule has 0 spiro atoms. The Balaban J connectivity index is 1.64. The summed E-state index contributed by atoms with van der Waals surface area (Å²) < 4.78 is 37.3. The van der Waals surface area contributed by atoms with Crippen LogP contribution >= 0.6 is 0 Å². The van der Waals surface area contributed by atoms with E-state index in [-0.39, 0.29) is 48.4 Å². The van der Waals surface area contributed by atoms with Crippen molar-refractivity contribution in [2.75, 3.05) is 24.6 Å². The van der Waals surface area contributed by atoms with Crippen molar-refractivity contribution in [1.82, 2.24) is 24.9 Å². The first kappa shape index (κ1) is 26.2. The van der Waals surface area contributed by atoms with Gasteiger partial charge in [-0.05, 0) is 52.0 Å². The van der Waals surface area contributed by atoms with Crippen LogP contribution in [0.25, 0.3) is 16.7 Å². The molecule has 9 nitrogen and oxygen atoms in total. The second-order valence-corrected chi connectivity index (χ2v) is 9.84. The Morgan fingerprint density at radius 2 is 1.97 bits per heavy atom. The molecular weight excluding hydrogens is 506 g/mol. The van der Waals surface area contributed by atoms with Gasteiger partial charge in [-0.2, -0.15) is 4.98 Å². The van der Waals surface area contributed by atoms with Gasteiger partial charge in [0, 0.05) is 23.4 Å². The van der Waals surface area contributed by atoms with E-state index in [2.05, 4.69) is 32.3 Å². The number of halogens is 2. The number of anilines is 2. The highest BCUT2D eigenvalue weighted by Gasteiger charge is 2.28. The minimum Gasteiger partial charge on any atom is -0.375 e. The third-order valence-electron chi connectivity index (χ3n) is 6.53. The average Bonchev–Trinajstić information content (AvgIpc) is 3.14. The van der Waals surface area contributed by atoms with E-state index in [0.29, 0.717) is 34.7 Å². The number of hydrogen-bond donors (Lipinski definition) is 1. The number of ketones is 1. The Bertz CT molecular complexity index is 1700. The van der Waals surface area contributed by atoms with E-state index >= 15 is 4.39 Å². The van der Waals surface area contributed by atoms with Crippen LogP contribution in [0.5, 0.6) is 0 Å². The van der Waals surface area contributed by atoms with E-state index < -0.39 is 17.0 Å². The number of ether oxygens (including phenoxy) is 1. The van der Waals surface area contributed by atoms with E-state index in [4.69, 9.17) is 4.74 Å². The van der Waals surface area contributed by atoms with Crippen molar-refractivity contribution in [2.45, 2.75) is 34.3 Å². The molecule has 0 bridgehead atoms. The predicted octanol–water partition coefficient (Wildman–Crippen LogP) is 3.62. The van der Waals surface area contributed by atoms with Crippen LogP contribution in [0.15, 0.2) is 30.3 Å². The van der Waals surface area contributed by atoms with Crippen molar-refractivity contribution in [2.24, 2.45) is 5.41 Å². The van der Waals surface area contributed by atoms with E-state index in [1.54, 1.807) is 42.2 Å². The molecule has 0 atom stereocenters. The summed E-state index contributed by atoms with van der Waals surface area (Å²) in [6.45, 7) is 7.19. The van der Waals surface area contributed by atoms with Crippen LogP contribution in [0.4, 0.5) is 20.3 Å². The molecule has 0 unspecified atom stereocenters. The molecule has 200 valence electrons. The zero-order chi connectivity index (χ0) is 27.9. The SMILES string of the molecule is CC(=O)CNC(=O)C(C)(C)C#Cc1cccc2c1COCCN2c1nc2nnc(C)n2c2ccc(F)c(F)c12. The summed E-state index contributed by atoms with van der Waals surface area (Å²) in [6.07, 6.45) is 0. The van der Waals surface area contributed by atoms with Crippen LogP contribution in [-0.4, -0.2) is 51.0 Å². The topological polar surface area (TPSA) is 102 Å². The molecular formula is C28H26F2N6O3. The molecule has 0 saturated carbocycles. The van der Waals surface area contributed by atoms with Crippen molar-refractivity contribution < 1.29 is 23.1 Å². The average molecular weight is 533 g/mol. The van der Waals surface area contributed by atoms with E-state index in [9.17, 15) is 14.0 Å². The van der Waals surface area contributed by atoms with E-state index in [1.807, 2.05) is 6.07 Å². The number of fused-ring (bicyclic) bond motifs is 4. The summed E-state index contributed by atoms with van der Waals surface area (Å²) >= 11 is 0. The van der Waals surface area contributed by atoms with Crippen LogP contribution in [0, 0.1) is 35.8 Å². The van der Waals surface area contributed by atoms with Gasteiger partial charge in [-0.3, -0.25) is 14.0 Å². The van der Waals surface area contributed by atoms with Gasteiger partial charge in [0.15, 0.2) is 11.6 Å². The molecule has 4 aromatic rings. The molecule has 2 aromatic carbocycles. The Morgan fingerprint density at radius 1 is 1.18 bits per heavy atom. The number of amides is 1. The van der Waals surface area contributed by atoms with Crippen LogP contribution in [0.2, 0.25) is 0 Å². The number of benzene rings is 2. The van der Waals surface area contributed by atoms with Crippen LogP contribution in [-0.2, 0) is 20.9 Å². The lowest BCUT2D eigenvalue weighted by molar-refractivity contribution is -0.128. The van der Waals surface area contributed by atoms with Gasteiger partial charge < -0.3 is 15.0 Å². The highest BCUT2D eigenvalue weighted by atomic mass is 19.2. The number of nitrogens with zero attached hydrogens (tertiary/aromatic N) is 5. The van der Waals surface area contributed by atoms with E-state index in [1.165, 1.54) is 13.0 Å². The maximum absolute atomic E-state index is 15.4. The summed E-state index contributed by atoms with van der Waals surface area (Å²) in [5.41, 5.74) is 1.31. The van der Waals surface area contributed by atoms with Gasteiger partial charge in [0.25, 0.3) is 5.78 Å². The number of hydrogen-bond acceptors (Lipinski definition) is 7. The molecule has 39 heavy (non-hydrogen) atoms. The second kappa shape index (κ2) is 10.0. The van der Waals surface area contributed by atoms with Gasteiger partial charge in [0.05, 0.1) is 30.7 Å². The standard InChI is InChI=1S/C28H26F2N6O3/c1-16(37)14-31-26(38)28(3,4)11-10-18-6-5-7-21-19(18)15-39-13-12-35(21)25-23-22(9-8-20(29)24(23)30)36-17(2)33-34-27(36)32-25/h5-9H,12-15H2,1-4H3,(H,31,38). The van der Waals surface area contributed by atoms with Gasteiger partial charge in [-0.25, -0.2) is 8.78 Å². The number of Topliss-reactive ketones (excluding diaryl/α,β-unsaturated/α-hetero) is 1. The summed E-state index contributed by atoms with van der Waals surface area (Å²) in [6, 6.07) is 7.99. The Hall–Kier alpha value is -4.43. The Morgan fingerprint density at radius 3 is 2.74 bits per heavy atom. The van der Waals surface area contributed by atoms with Gasteiger partial charge in [-0.1, -0.05) is 17.9 Å². The van der Waals surface area contributed by atoms with Crippen molar-refractivity contribution in [1.29, 1.82) is 0 Å². The maximum atomic E-state index is 15.4. The first-order valence-electron chi connectivity index (χ1n) is 12.4. The van der Waals surface area contributed by atoms with Gasteiger partial charge in [0.1, 0.15) is 22.8 Å². The number of nitrogens with one attached hydrogen (secondary N) is 1. The molecule has 11 heteroatoms. The highest BCUT2D eigenvalue weighted by molar-refractivity contribution is 5.95. The number of carbonyl (C=O) groups is 2. The summed E-state index contributed by atoms with van der Waals surface area (Å²) in [7, 11) is 0. The molecule has 0 saturated heterocycles. The number of aromatic nitrogens is 4. The molecule has 0 radical (unpaired) electrons. The minimum absolute atomic E-state index is 0.00184. The fourth-order valence-corrected chi connectivity index (χ4v) is 4.46. The molecule has 1 aliphatic rings. The van der Waals surface area contributed by atoms with Crippen LogP contribution in [0.3, 0.4) is 0 Å². The normalized spacial score (nSPS) is 13.5. The van der Waals surface area contributed by atoms with Crippen molar-refractivity contribution in [3.8, 4) is 11.8 Å². The smallest absolute Gasteiger partial charge is 0.257 e. The number of rotatable bonds is 4. The summed E-state index contributed by atoms with van der Waals surface area (Å²) in [4.78, 5) is 30.2. The lowest BCUT2D eigenvalue weighted by Crippen LogP contribution is -2.38. The Kier molecular flexibility index (Phi) is 6.74. The van der Waals surface area contributed by atoms with Crippen molar-refractivity contribution in [3.05, 3.63) is 58.9 Å². The molecule has 0 aliphatic carbocycles. The zero-order valence-corrected chi connectivity index (χ0v) is 21.9. The van der Waals surface area contributed by atoms with Gasteiger partial charge in [0.2, 0.25) is 5.91 Å². The maximum Gasteiger partial charge on any atom is 0.257 e. The van der Waals surface area contributed by atoms with Crippen molar-refractivity contribution in [3.63, 3.8) is 0 Å². The second-order valence-electron chi connectivity index (χ2n) is 9.84. The number of aryl methyl sites for hydroxylation is 1. The fraction of sp³-hybridized carbons (Fsp3) is 0.321.